The predicted molar refractivity (Wildman–Crippen MR) is 68.6 cm³/mol. The van der Waals surface area contributed by atoms with Crippen molar-refractivity contribution in [2.75, 3.05) is 33.0 Å². The van der Waals surface area contributed by atoms with Gasteiger partial charge in [-0.25, -0.2) is 4.98 Å². The molecule has 18 heavy (non-hydrogen) atoms. The Morgan fingerprint density at radius 3 is 3.22 bits per heavy atom. The van der Waals surface area contributed by atoms with E-state index < -0.39 is 0 Å². The number of amides is 1. The smallest absolute Gasteiger partial charge is 0.249 e. The second kappa shape index (κ2) is 6.26. The summed E-state index contributed by atoms with van der Waals surface area (Å²) in [4.78, 5) is 18.3. The topological polar surface area (TPSA) is 51.7 Å². The lowest BCUT2D eigenvalue weighted by Crippen LogP contribution is -2.45. The molecule has 0 unspecified atom stereocenters. The standard InChI is InChI=1S/C12H18N2O3S/c1-3-16-7-12(15)14-4-5-17-6-11(14)10-8-18-9(2)13-10/h8,11H,3-7H2,1-2H3/t11-/m1/s1. The van der Waals surface area contributed by atoms with Gasteiger partial charge < -0.3 is 14.4 Å². The number of morpholine rings is 1. The molecule has 5 nitrogen and oxygen atoms in total. The number of hydrogen-bond donors (Lipinski definition) is 0. The lowest BCUT2D eigenvalue weighted by Gasteiger charge is -2.34. The zero-order chi connectivity index (χ0) is 13.0. The summed E-state index contributed by atoms with van der Waals surface area (Å²) in [6.07, 6.45) is 0. The fourth-order valence-electron chi connectivity index (χ4n) is 1.95. The van der Waals surface area contributed by atoms with Crippen molar-refractivity contribution in [3.8, 4) is 0 Å². The molecule has 0 radical (unpaired) electrons. The minimum Gasteiger partial charge on any atom is -0.377 e. The number of nitrogens with zero attached hydrogens (tertiary/aromatic N) is 2. The Labute approximate surface area is 111 Å². The zero-order valence-electron chi connectivity index (χ0n) is 10.7. The molecule has 0 spiro atoms. The summed E-state index contributed by atoms with van der Waals surface area (Å²) >= 11 is 1.59. The molecule has 2 rings (SSSR count). The molecular weight excluding hydrogens is 252 g/mol. The lowest BCUT2D eigenvalue weighted by molar-refractivity contribution is -0.145. The van der Waals surface area contributed by atoms with Gasteiger partial charge >= 0.3 is 0 Å². The molecular formula is C12H18N2O3S. The molecule has 1 aliphatic heterocycles. The Hall–Kier alpha value is -0.980. The van der Waals surface area contributed by atoms with Crippen molar-refractivity contribution in [3.63, 3.8) is 0 Å². The van der Waals surface area contributed by atoms with Gasteiger partial charge in [0.25, 0.3) is 0 Å². The Kier molecular flexibility index (Phi) is 4.68. The van der Waals surface area contributed by atoms with Gasteiger partial charge in [0.05, 0.1) is 30.0 Å². The normalized spacial score (nSPS) is 20.1. The number of aryl methyl sites for hydroxylation is 1. The van der Waals surface area contributed by atoms with Crippen molar-refractivity contribution in [2.45, 2.75) is 19.9 Å². The van der Waals surface area contributed by atoms with Crippen LogP contribution < -0.4 is 0 Å². The first-order valence-electron chi connectivity index (χ1n) is 6.09. The van der Waals surface area contributed by atoms with Crippen LogP contribution in [0.3, 0.4) is 0 Å². The fraction of sp³-hybridized carbons (Fsp3) is 0.667. The summed E-state index contributed by atoms with van der Waals surface area (Å²) in [5.74, 6) is 0.0100. The third-order valence-electron chi connectivity index (χ3n) is 2.86. The molecule has 1 aromatic rings. The Bertz CT molecular complexity index is 408. The number of hydrogen-bond acceptors (Lipinski definition) is 5. The SMILES string of the molecule is CCOCC(=O)N1CCOC[C@@H]1c1csc(C)n1. The van der Waals surface area contributed by atoms with E-state index in [1.807, 2.05) is 24.1 Å². The van der Waals surface area contributed by atoms with Gasteiger partial charge in [-0.05, 0) is 13.8 Å². The van der Waals surface area contributed by atoms with Gasteiger partial charge in [0, 0.05) is 18.5 Å². The van der Waals surface area contributed by atoms with E-state index in [0.717, 1.165) is 10.7 Å². The van der Waals surface area contributed by atoms with Crippen LogP contribution in [0, 0.1) is 6.92 Å². The first-order chi connectivity index (χ1) is 8.72. The van der Waals surface area contributed by atoms with Gasteiger partial charge in [-0.3, -0.25) is 4.79 Å². The van der Waals surface area contributed by atoms with Gasteiger partial charge in [-0.1, -0.05) is 0 Å². The molecule has 1 aliphatic rings. The van der Waals surface area contributed by atoms with Crippen LogP contribution in [0.4, 0.5) is 0 Å². The highest BCUT2D eigenvalue weighted by Crippen LogP contribution is 2.25. The van der Waals surface area contributed by atoms with Crippen molar-refractivity contribution < 1.29 is 14.3 Å². The molecule has 0 saturated carbocycles. The number of ether oxygens (including phenoxy) is 2. The van der Waals surface area contributed by atoms with E-state index in [-0.39, 0.29) is 18.6 Å². The van der Waals surface area contributed by atoms with Gasteiger partial charge in [-0.2, -0.15) is 0 Å². The van der Waals surface area contributed by atoms with Crippen molar-refractivity contribution in [1.82, 2.24) is 9.88 Å². The highest BCUT2D eigenvalue weighted by Gasteiger charge is 2.29. The van der Waals surface area contributed by atoms with Crippen LogP contribution in [0.2, 0.25) is 0 Å². The molecule has 6 heteroatoms. The maximum Gasteiger partial charge on any atom is 0.249 e. The van der Waals surface area contributed by atoms with Crippen LogP contribution in [0.5, 0.6) is 0 Å². The summed E-state index contributed by atoms with van der Waals surface area (Å²) in [6.45, 7) is 6.23. The Morgan fingerprint density at radius 1 is 1.72 bits per heavy atom. The fourth-order valence-corrected chi connectivity index (χ4v) is 2.61. The van der Waals surface area contributed by atoms with E-state index in [1.165, 1.54) is 0 Å². The number of aromatic nitrogens is 1. The van der Waals surface area contributed by atoms with E-state index in [9.17, 15) is 4.79 Å². The predicted octanol–water partition coefficient (Wildman–Crippen LogP) is 1.39. The van der Waals surface area contributed by atoms with Gasteiger partial charge in [-0.15, -0.1) is 11.3 Å². The van der Waals surface area contributed by atoms with Crippen LogP contribution >= 0.6 is 11.3 Å². The van der Waals surface area contributed by atoms with Crippen molar-refractivity contribution in [3.05, 3.63) is 16.1 Å². The van der Waals surface area contributed by atoms with Crippen molar-refractivity contribution >= 4 is 17.2 Å². The monoisotopic (exact) mass is 270 g/mol. The molecule has 100 valence electrons. The highest BCUT2D eigenvalue weighted by molar-refractivity contribution is 7.09. The van der Waals surface area contributed by atoms with Crippen LogP contribution in [-0.2, 0) is 14.3 Å². The second-order valence-electron chi connectivity index (χ2n) is 4.11. The molecule has 1 aromatic heterocycles. The molecule has 0 N–H and O–H groups in total. The molecule has 0 aromatic carbocycles. The summed E-state index contributed by atoms with van der Waals surface area (Å²) in [5, 5.41) is 3.00. The minimum atomic E-state index is -0.0725. The molecule has 2 heterocycles. The summed E-state index contributed by atoms with van der Waals surface area (Å²) in [7, 11) is 0. The first kappa shape index (κ1) is 13.5. The largest absolute Gasteiger partial charge is 0.377 e. The van der Waals surface area contributed by atoms with Crippen molar-refractivity contribution in [2.24, 2.45) is 0 Å². The van der Waals surface area contributed by atoms with E-state index >= 15 is 0 Å². The van der Waals surface area contributed by atoms with E-state index in [2.05, 4.69) is 4.98 Å². The third-order valence-corrected chi connectivity index (χ3v) is 3.65. The van der Waals surface area contributed by atoms with Gasteiger partial charge in [0.1, 0.15) is 6.61 Å². The molecule has 1 fully saturated rings. The average Bonchev–Trinajstić information content (AvgIpc) is 2.82. The number of thiazole rings is 1. The lowest BCUT2D eigenvalue weighted by atomic mass is 10.1. The number of carbonyl (C=O) groups is 1. The zero-order valence-corrected chi connectivity index (χ0v) is 11.5. The van der Waals surface area contributed by atoms with Crippen molar-refractivity contribution in [1.29, 1.82) is 0 Å². The van der Waals surface area contributed by atoms with E-state index in [4.69, 9.17) is 9.47 Å². The third kappa shape index (κ3) is 3.07. The maximum atomic E-state index is 12.1. The number of carbonyl (C=O) groups excluding carboxylic acids is 1. The minimum absolute atomic E-state index is 0.0100. The highest BCUT2D eigenvalue weighted by atomic mass is 32.1. The van der Waals surface area contributed by atoms with E-state index in [0.29, 0.717) is 26.4 Å². The first-order valence-corrected chi connectivity index (χ1v) is 6.97. The van der Waals surface area contributed by atoms with Gasteiger partial charge in [0.15, 0.2) is 0 Å². The Morgan fingerprint density at radius 2 is 2.56 bits per heavy atom. The molecule has 0 bridgehead atoms. The van der Waals surface area contributed by atoms with Gasteiger partial charge in [0.2, 0.25) is 5.91 Å². The van der Waals surface area contributed by atoms with Crippen LogP contribution in [0.15, 0.2) is 5.38 Å². The average molecular weight is 270 g/mol. The quantitative estimate of drug-likeness (QED) is 0.829. The number of rotatable bonds is 4. The molecule has 1 atom stereocenters. The molecule has 0 aliphatic carbocycles. The summed E-state index contributed by atoms with van der Waals surface area (Å²) in [6, 6.07) is -0.0725. The van der Waals surface area contributed by atoms with Crippen LogP contribution in [0.25, 0.3) is 0 Å². The van der Waals surface area contributed by atoms with Crippen LogP contribution in [0.1, 0.15) is 23.7 Å². The summed E-state index contributed by atoms with van der Waals surface area (Å²) in [5.41, 5.74) is 0.919. The summed E-state index contributed by atoms with van der Waals surface area (Å²) < 4.78 is 10.6. The maximum absolute atomic E-state index is 12.1. The molecule has 1 saturated heterocycles. The Balaban J connectivity index is 2.08. The van der Waals surface area contributed by atoms with E-state index in [1.54, 1.807) is 11.3 Å². The molecule has 1 amide bonds. The van der Waals surface area contributed by atoms with Crippen LogP contribution in [-0.4, -0.2) is 48.8 Å². The second-order valence-corrected chi connectivity index (χ2v) is 5.17.